The molecule has 0 aliphatic carbocycles. The third-order valence-electron chi connectivity index (χ3n) is 6.10. The summed E-state index contributed by atoms with van der Waals surface area (Å²) in [5, 5.41) is 20.3. The number of H-pyrrole nitrogens is 1. The van der Waals surface area contributed by atoms with Gasteiger partial charge in [-0.25, -0.2) is 24.8 Å². The number of aromatic amines is 1. The number of carbonyl (C=O) groups is 5. The van der Waals surface area contributed by atoms with Crippen molar-refractivity contribution < 1.29 is 47.3 Å². The monoisotopic (exact) mass is 922 g/mol. The molecule has 28 heteroatoms. The van der Waals surface area contributed by atoms with Gasteiger partial charge in [0.2, 0.25) is 17.8 Å². The molecule has 342 valence electrons. The van der Waals surface area contributed by atoms with Crippen LogP contribution in [0.4, 0.5) is 23.7 Å². The lowest BCUT2D eigenvalue weighted by molar-refractivity contribution is -0.440. The van der Waals surface area contributed by atoms with Crippen LogP contribution in [0.3, 0.4) is 0 Å². The number of nitrogens with two attached hydrogens (primary N) is 3. The molecule has 0 saturated heterocycles. The van der Waals surface area contributed by atoms with Gasteiger partial charge in [-0.05, 0) is 33.9 Å². The Bertz CT molecular complexity index is 2170. The molecule has 0 aliphatic rings. The number of rotatable bonds is 13. The number of nitrogen functional groups attached to an aromatic ring is 3. The van der Waals surface area contributed by atoms with Gasteiger partial charge in [-0.1, -0.05) is 59.3 Å². The highest BCUT2D eigenvalue weighted by molar-refractivity contribution is 6.37. The van der Waals surface area contributed by atoms with Crippen LogP contribution in [0.1, 0.15) is 67.3 Å². The number of fused-ring (bicyclic) bond motifs is 2. The van der Waals surface area contributed by atoms with Gasteiger partial charge in [0.05, 0.1) is 29.9 Å². The summed E-state index contributed by atoms with van der Waals surface area (Å²) >= 11 is 11.0. The average molecular weight is 924 g/mol. The maximum atomic E-state index is 11.3. The molecule has 0 amide bonds. The smallest absolute Gasteiger partial charge is 0.325 e. The number of aromatic nitrogens is 10. The average Bonchev–Trinajstić information content (AvgIpc) is 3.69. The topological polar surface area (TPSA) is 392 Å². The zero-order valence-corrected chi connectivity index (χ0v) is 34.2. The number of ketones is 3. The first-order valence-electron chi connectivity index (χ1n) is 16.4. The first kappa shape index (κ1) is 61.7. The summed E-state index contributed by atoms with van der Waals surface area (Å²) in [4.78, 5) is 85.3. The van der Waals surface area contributed by atoms with Gasteiger partial charge in [-0.3, -0.25) is 39.6 Å². The van der Waals surface area contributed by atoms with E-state index in [2.05, 4.69) is 81.4 Å². The summed E-state index contributed by atoms with van der Waals surface area (Å²) < 4.78 is 2.55. The second kappa shape index (κ2) is 31.9. The van der Waals surface area contributed by atoms with Crippen LogP contribution in [-0.2, 0) is 32.3 Å². The highest BCUT2D eigenvalue weighted by Crippen LogP contribution is 2.21. The minimum absolute atomic E-state index is 0. The van der Waals surface area contributed by atoms with Gasteiger partial charge >= 0.3 is 5.97 Å². The Morgan fingerprint density at radius 1 is 0.803 bits per heavy atom. The van der Waals surface area contributed by atoms with E-state index in [4.69, 9.17) is 45.5 Å². The number of Topliss-reactive ketones (excluding diaryl/α,β-unsaturated/α-hetero) is 3. The molecule has 61 heavy (non-hydrogen) atoms. The van der Waals surface area contributed by atoms with Crippen molar-refractivity contribution in [1.82, 2.24) is 65.6 Å². The molecular formula is C33H57Cl3N18O7. The summed E-state index contributed by atoms with van der Waals surface area (Å²) in [6.07, 6.45) is 3.27. The van der Waals surface area contributed by atoms with Crippen molar-refractivity contribution in [1.29, 1.82) is 0 Å². The van der Waals surface area contributed by atoms with Crippen molar-refractivity contribution in [2.75, 3.05) is 48.8 Å². The molecule has 5 heterocycles. The Labute approximate surface area is 367 Å². The van der Waals surface area contributed by atoms with Crippen LogP contribution in [0.5, 0.6) is 0 Å². The number of aldehydes is 1. The molecule has 5 aromatic heterocycles. The van der Waals surface area contributed by atoms with Crippen molar-refractivity contribution in [3.63, 3.8) is 0 Å². The van der Waals surface area contributed by atoms with Crippen LogP contribution in [0.15, 0.2) is 17.2 Å². The number of carbonyl (C=O) groups excluding carboxylic acids is 4. The number of aliphatic carboxylic acids is 1. The fourth-order valence-corrected chi connectivity index (χ4v) is 4.32. The lowest BCUT2D eigenvalue weighted by Crippen LogP contribution is -3.00. The second-order valence-corrected chi connectivity index (χ2v) is 11.7. The molecule has 0 fully saturated rings. The van der Waals surface area contributed by atoms with Gasteiger partial charge in [0.1, 0.15) is 46.9 Å². The molecule has 0 spiro atoms. The molecule has 0 radical (unpaired) electrons. The Kier molecular flexibility index (Phi) is 32.3. The maximum Gasteiger partial charge on any atom is 0.325 e. The number of hydrazine groups is 1. The van der Waals surface area contributed by atoms with Crippen molar-refractivity contribution in [2.45, 2.75) is 70.0 Å². The minimum atomic E-state index is -1.07. The van der Waals surface area contributed by atoms with E-state index in [1.54, 1.807) is 0 Å². The van der Waals surface area contributed by atoms with Crippen molar-refractivity contribution in [3.8, 4) is 0 Å². The van der Waals surface area contributed by atoms with Crippen LogP contribution in [0.2, 0.25) is 10.3 Å². The molecular weight excluding hydrogens is 867 g/mol. The van der Waals surface area contributed by atoms with Gasteiger partial charge in [0.15, 0.2) is 29.2 Å². The van der Waals surface area contributed by atoms with Crippen LogP contribution in [0, 0.1) is 0 Å². The van der Waals surface area contributed by atoms with E-state index >= 15 is 0 Å². The number of hydrogen-bond acceptors (Lipinski definition) is 20. The van der Waals surface area contributed by atoms with E-state index in [1.807, 2.05) is 0 Å². The Balaban J connectivity index is -0.000000354. The van der Waals surface area contributed by atoms with E-state index in [-0.39, 0.29) is 116 Å². The number of nitrogens with zero attached hydrogens (tertiary/aromatic N) is 9. The second-order valence-electron chi connectivity index (χ2n) is 11.0. The van der Waals surface area contributed by atoms with E-state index in [9.17, 15) is 28.8 Å². The number of hydrogen-bond donors (Lipinski definition) is 10. The largest absolute Gasteiger partial charge is 1.00 e. The first-order chi connectivity index (χ1) is 26.9. The maximum absolute atomic E-state index is 11.3. The SMILES string of the molecule is C.C.C.CC(=O)CNNc1nc(N)nc2c1cnn2CC(C)=O.CC(=O)CN[NH3+].CCNCC.Nc1nc(Cl)c(C=O)c(Cl)n1.Nc1nc2c(cnn2CC(=O)O)c(=O)[nH]1.[Cl-]. The minimum Gasteiger partial charge on any atom is -1.00 e. The van der Waals surface area contributed by atoms with E-state index in [1.165, 1.54) is 37.8 Å². The van der Waals surface area contributed by atoms with Gasteiger partial charge in [-0.15, -0.1) is 0 Å². The number of quaternary nitrogens is 1. The number of anilines is 4. The molecule has 0 unspecified atom stereocenters. The Morgan fingerprint density at radius 3 is 1.72 bits per heavy atom. The molecule has 0 bridgehead atoms. The lowest BCUT2D eigenvalue weighted by Gasteiger charge is -2.08. The molecule has 5 rings (SSSR count). The van der Waals surface area contributed by atoms with Gasteiger partial charge < -0.3 is 45.5 Å². The van der Waals surface area contributed by atoms with Crippen LogP contribution >= 0.6 is 23.2 Å². The summed E-state index contributed by atoms with van der Waals surface area (Å²) in [6.45, 7) is 11.1. The molecule has 0 aliphatic heterocycles. The highest BCUT2D eigenvalue weighted by Gasteiger charge is 2.13. The zero-order chi connectivity index (χ0) is 43.2. The van der Waals surface area contributed by atoms with Crippen molar-refractivity contribution >= 4 is 98.5 Å². The van der Waals surface area contributed by atoms with Gasteiger partial charge in [-0.2, -0.15) is 30.6 Å². The summed E-state index contributed by atoms with van der Waals surface area (Å²) in [5.74, 6) is 2.57. The number of nitrogens with one attached hydrogen (secondary N) is 5. The first-order valence-corrected chi connectivity index (χ1v) is 17.2. The molecule has 0 saturated carbocycles. The zero-order valence-electron chi connectivity index (χ0n) is 32.0. The van der Waals surface area contributed by atoms with E-state index < -0.39 is 11.5 Å². The quantitative estimate of drug-likeness (QED) is 0.0327. The van der Waals surface area contributed by atoms with Gasteiger partial charge in [0.25, 0.3) is 5.56 Å². The third-order valence-corrected chi connectivity index (χ3v) is 6.68. The summed E-state index contributed by atoms with van der Waals surface area (Å²) in [7, 11) is 0. The number of halogens is 3. The highest BCUT2D eigenvalue weighted by atomic mass is 35.5. The van der Waals surface area contributed by atoms with Crippen molar-refractivity contribution in [3.05, 3.63) is 38.6 Å². The van der Waals surface area contributed by atoms with E-state index in [0.717, 1.165) is 17.8 Å². The molecule has 0 aromatic carbocycles. The Morgan fingerprint density at radius 2 is 1.30 bits per heavy atom. The Hall–Kier alpha value is -5.96. The van der Waals surface area contributed by atoms with E-state index in [0.29, 0.717) is 29.7 Å². The van der Waals surface area contributed by atoms with Crippen LogP contribution in [-0.4, -0.2) is 110 Å². The molecule has 25 nitrogen and oxygen atoms in total. The van der Waals surface area contributed by atoms with Crippen LogP contribution in [0.25, 0.3) is 22.1 Å². The fraction of sp³-hybridized carbons (Fsp3) is 0.424. The molecule has 0 atom stereocenters. The number of carboxylic acids is 1. The van der Waals surface area contributed by atoms with Gasteiger partial charge in [0, 0.05) is 0 Å². The summed E-state index contributed by atoms with van der Waals surface area (Å²) in [6, 6.07) is 0. The lowest BCUT2D eigenvalue weighted by atomic mass is 10.4. The molecule has 5 aromatic rings. The normalized spacial score (nSPS) is 9.38. The predicted octanol–water partition coefficient (Wildman–Crippen LogP) is -2.68. The fourth-order valence-electron chi connectivity index (χ4n) is 3.83. The number of carboxylic acid groups (broad SMARTS) is 1. The third kappa shape index (κ3) is 22.3. The van der Waals surface area contributed by atoms with Crippen LogP contribution < -0.4 is 62.6 Å². The van der Waals surface area contributed by atoms with Crippen molar-refractivity contribution in [2.24, 2.45) is 0 Å². The molecule has 15 N–H and O–H groups in total. The predicted molar refractivity (Wildman–Crippen MR) is 231 cm³/mol. The standard InChI is InChI=1S/C11H15N7O2.C7H7N5O3.C5H3Cl2N3O.C4H11N.C3H8N2O.3CH4.ClH/c1-6(19)3-13-17-9-8-4-14-18(5-7(2)20)10(8)16-11(12)15-9;8-7-10-5-3(6(15)11-7)1-9-12(5)2-4(13)14;6-3-2(1-11)4(7)10-5(8)9-3;1-3-5-4-2;1-3(6)2-5-4;;;;/h4,13H,3,5H2,1-2H3,(H3,12,15,16,17);1H,2H2,(H,13,14)(H3,8,10,11,15);1H,(H2,8,9,10);5H,3-4H2,1-2H3;5H,2,4H2,1H3;3*1H4;1H. The summed E-state index contributed by atoms with van der Waals surface area (Å²) in [5.41, 5.74) is 24.4.